The van der Waals surface area contributed by atoms with Crippen LogP contribution >= 0.6 is 11.6 Å². The second-order valence-electron chi connectivity index (χ2n) is 8.29. The van der Waals surface area contributed by atoms with E-state index >= 15 is 0 Å². The molecule has 1 fully saturated rings. The third-order valence-corrected chi connectivity index (χ3v) is 6.22. The van der Waals surface area contributed by atoms with E-state index in [2.05, 4.69) is 32.1 Å². The summed E-state index contributed by atoms with van der Waals surface area (Å²) in [5.41, 5.74) is 1.28. The molecule has 0 atom stereocenters. The first-order valence-electron chi connectivity index (χ1n) is 11.4. The van der Waals surface area contributed by atoms with Crippen molar-refractivity contribution in [3.8, 4) is 5.75 Å². The minimum Gasteiger partial charge on any atom is -0.480 e. The van der Waals surface area contributed by atoms with Gasteiger partial charge in [0.05, 0.1) is 11.7 Å². The molecule has 1 saturated heterocycles. The number of aromatic nitrogens is 3. The first-order chi connectivity index (χ1) is 16.4. The maximum atomic E-state index is 12.8. The van der Waals surface area contributed by atoms with Crippen LogP contribution in [-0.2, 0) is 11.3 Å². The number of pyridine rings is 1. The van der Waals surface area contributed by atoms with Crippen LogP contribution in [0.15, 0.2) is 35.3 Å². The second-order valence-corrected chi connectivity index (χ2v) is 8.70. The number of nitrogens with zero attached hydrogens (tertiary/aromatic N) is 5. The largest absolute Gasteiger partial charge is 0.480 e. The Balaban J connectivity index is 1.63. The van der Waals surface area contributed by atoms with Crippen LogP contribution < -0.4 is 20.5 Å². The molecule has 1 aliphatic heterocycles. The number of ketones is 1. The number of likely N-dealkylation sites (N-methyl/N-ethyl adjacent to an activating group) is 1. The zero-order valence-electron chi connectivity index (χ0n) is 19.7. The van der Waals surface area contributed by atoms with Crippen LogP contribution in [0.2, 0.25) is 5.02 Å². The molecule has 9 nitrogen and oxygen atoms in total. The van der Waals surface area contributed by atoms with E-state index in [0.29, 0.717) is 29.8 Å². The molecule has 1 aromatic carbocycles. The maximum Gasteiger partial charge on any atom is 0.293 e. The maximum absolute atomic E-state index is 12.8. The molecule has 3 aromatic rings. The number of hydrogen-bond donors (Lipinski definition) is 1. The lowest BCUT2D eigenvalue weighted by Gasteiger charge is -2.32. The Labute approximate surface area is 203 Å². The van der Waals surface area contributed by atoms with Crippen LogP contribution in [0.3, 0.4) is 0 Å². The van der Waals surface area contributed by atoms with Crippen molar-refractivity contribution in [2.45, 2.75) is 26.8 Å². The Morgan fingerprint density at radius 1 is 1.18 bits per heavy atom. The zero-order chi connectivity index (χ0) is 24.2. The van der Waals surface area contributed by atoms with Crippen LogP contribution in [0, 0.1) is 0 Å². The zero-order valence-corrected chi connectivity index (χ0v) is 20.4. The molecule has 1 N–H and O–H groups in total. The summed E-state index contributed by atoms with van der Waals surface area (Å²) < 4.78 is 7.19. The highest BCUT2D eigenvalue weighted by Crippen LogP contribution is 2.28. The van der Waals surface area contributed by atoms with Gasteiger partial charge in [0.15, 0.2) is 17.4 Å². The number of anilines is 3. The second kappa shape index (κ2) is 10.4. The van der Waals surface area contributed by atoms with E-state index in [-0.39, 0.29) is 23.7 Å². The van der Waals surface area contributed by atoms with Gasteiger partial charge < -0.3 is 24.4 Å². The predicted octanol–water partition coefficient (Wildman–Crippen LogP) is 3.32. The first-order valence-corrected chi connectivity index (χ1v) is 11.8. The van der Waals surface area contributed by atoms with Crippen molar-refractivity contribution in [2.75, 3.05) is 50.1 Å². The van der Waals surface area contributed by atoms with E-state index in [9.17, 15) is 9.59 Å². The summed E-state index contributed by atoms with van der Waals surface area (Å²) in [6.45, 7) is 7.63. The number of fused-ring (bicyclic) bond motifs is 1. The van der Waals surface area contributed by atoms with Crippen molar-refractivity contribution in [3.05, 3.63) is 45.8 Å². The van der Waals surface area contributed by atoms with Crippen LogP contribution in [-0.4, -0.2) is 65.1 Å². The van der Waals surface area contributed by atoms with Gasteiger partial charge >= 0.3 is 0 Å². The summed E-state index contributed by atoms with van der Waals surface area (Å²) in [5.74, 6) is 1.24. The molecule has 0 unspecified atom stereocenters. The number of carbonyl (C=O) groups excluding carboxylic acids is 1. The Hall–Kier alpha value is -3.17. The minimum atomic E-state index is -0.254. The molecule has 34 heavy (non-hydrogen) atoms. The Bertz CT molecular complexity index is 1250. The fraction of sp³-hybridized carbons (Fsp3) is 0.417. The Kier molecular flexibility index (Phi) is 7.33. The van der Waals surface area contributed by atoms with Gasteiger partial charge in [0.2, 0.25) is 5.95 Å². The smallest absolute Gasteiger partial charge is 0.293 e. The third-order valence-electron chi connectivity index (χ3n) is 5.94. The fourth-order valence-electron chi connectivity index (χ4n) is 3.86. The average Bonchev–Trinajstić information content (AvgIpc) is 2.84. The van der Waals surface area contributed by atoms with E-state index in [0.717, 1.165) is 42.8 Å². The topological polar surface area (TPSA) is 92.6 Å². The average molecular weight is 485 g/mol. The highest BCUT2D eigenvalue weighted by molar-refractivity contribution is 6.32. The van der Waals surface area contributed by atoms with Crippen molar-refractivity contribution in [1.29, 1.82) is 0 Å². The summed E-state index contributed by atoms with van der Waals surface area (Å²) in [4.78, 5) is 38.0. The lowest BCUT2D eigenvalue weighted by atomic mass is 10.1. The first kappa shape index (κ1) is 24.0. The molecular formula is C24H29ClN6O3. The molecule has 0 saturated carbocycles. The van der Waals surface area contributed by atoms with E-state index in [1.54, 1.807) is 23.8 Å². The lowest BCUT2D eigenvalue weighted by Crippen LogP contribution is -2.45. The number of hydrogen-bond acceptors (Lipinski definition) is 8. The summed E-state index contributed by atoms with van der Waals surface area (Å²) in [5, 5.41) is 4.50. The van der Waals surface area contributed by atoms with E-state index in [1.807, 2.05) is 25.1 Å². The molecule has 0 aliphatic carbocycles. The van der Waals surface area contributed by atoms with E-state index < -0.39 is 0 Å². The molecule has 10 heteroatoms. The molecular weight excluding hydrogens is 456 g/mol. The number of aryl methyl sites for hydroxylation is 1. The van der Waals surface area contributed by atoms with Gasteiger partial charge in [-0.25, -0.2) is 4.98 Å². The van der Waals surface area contributed by atoms with Crippen LogP contribution in [0.4, 0.5) is 17.5 Å². The minimum absolute atomic E-state index is 0.0625. The molecule has 0 spiro atoms. The monoisotopic (exact) mass is 484 g/mol. The molecule has 2 aromatic heterocycles. The van der Waals surface area contributed by atoms with Crippen LogP contribution in [0.1, 0.15) is 20.3 Å². The van der Waals surface area contributed by atoms with Gasteiger partial charge in [-0.1, -0.05) is 18.5 Å². The summed E-state index contributed by atoms with van der Waals surface area (Å²) in [7, 11) is 2.10. The van der Waals surface area contributed by atoms with Gasteiger partial charge in [0, 0.05) is 50.2 Å². The highest BCUT2D eigenvalue weighted by atomic mass is 35.5. The van der Waals surface area contributed by atoms with Crippen molar-refractivity contribution >= 4 is 45.7 Å². The van der Waals surface area contributed by atoms with Gasteiger partial charge in [-0.05, 0) is 38.2 Å². The van der Waals surface area contributed by atoms with Gasteiger partial charge in [-0.2, -0.15) is 4.98 Å². The Morgan fingerprint density at radius 2 is 1.94 bits per heavy atom. The summed E-state index contributed by atoms with van der Waals surface area (Å²) in [6, 6.07) is 7.33. The van der Waals surface area contributed by atoms with Gasteiger partial charge in [0.1, 0.15) is 11.6 Å². The van der Waals surface area contributed by atoms with E-state index in [4.69, 9.17) is 16.3 Å². The number of nitrogens with one attached hydrogen (secondary N) is 1. The molecule has 0 amide bonds. The van der Waals surface area contributed by atoms with E-state index in [1.165, 1.54) is 0 Å². The third kappa shape index (κ3) is 5.15. The number of piperazine rings is 1. The van der Waals surface area contributed by atoms with Crippen molar-refractivity contribution in [3.63, 3.8) is 0 Å². The molecule has 0 bridgehead atoms. The van der Waals surface area contributed by atoms with Gasteiger partial charge in [-0.3, -0.25) is 9.59 Å². The van der Waals surface area contributed by atoms with Crippen LogP contribution in [0.5, 0.6) is 5.75 Å². The summed E-state index contributed by atoms with van der Waals surface area (Å²) in [6.07, 6.45) is 1.97. The number of carbonyl (C=O) groups is 1. The number of rotatable bonds is 8. The quantitative estimate of drug-likeness (QED) is 0.520. The molecule has 3 heterocycles. The molecule has 180 valence electrons. The number of ether oxygens (including phenoxy) is 1. The molecule has 1 aliphatic rings. The number of Topliss-reactive ketones (excluding diaryl/α,β-unsaturated/α-hetero) is 1. The standard InChI is InChI=1S/C24H29ClN6O3/c1-4-18(32)15-34-21-13-16-12-17(6-7-20(16)31(5-2)23(21)33)27-22-19(25)14-26-24(28-22)30-10-8-29(3)9-11-30/h6-7,12-14H,4-5,8-11,15H2,1-3H3,(H,26,27,28). The number of halogens is 1. The van der Waals surface area contributed by atoms with Crippen molar-refractivity contribution < 1.29 is 9.53 Å². The SMILES string of the molecule is CCC(=O)COc1cc2cc(Nc3nc(N4CCN(C)CC4)ncc3Cl)ccc2n(CC)c1=O. The highest BCUT2D eigenvalue weighted by Gasteiger charge is 2.18. The Morgan fingerprint density at radius 3 is 2.65 bits per heavy atom. The number of benzene rings is 1. The fourth-order valence-corrected chi connectivity index (χ4v) is 4.00. The van der Waals surface area contributed by atoms with Gasteiger partial charge in [0.25, 0.3) is 5.56 Å². The molecule has 4 rings (SSSR count). The lowest BCUT2D eigenvalue weighted by molar-refractivity contribution is -0.120. The predicted molar refractivity (Wildman–Crippen MR) is 135 cm³/mol. The van der Waals surface area contributed by atoms with Crippen molar-refractivity contribution in [1.82, 2.24) is 19.4 Å². The van der Waals surface area contributed by atoms with Gasteiger partial charge in [-0.15, -0.1) is 0 Å². The van der Waals surface area contributed by atoms with Crippen molar-refractivity contribution in [2.24, 2.45) is 0 Å². The molecule has 0 radical (unpaired) electrons. The van der Waals surface area contributed by atoms with Crippen LogP contribution in [0.25, 0.3) is 10.9 Å². The summed E-state index contributed by atoms with van der Waals surface area (Å²) >= 11 is 6.39. The normalized spacial score (nSPS) is 14.4.